The first-order valence-corrected chi connectivity index (χ1v) is 7.06. The average Bonchev–Trinajstić information content (AvgIpc) is 2.27. The number of hydrogen-bond acceptors (Lipinski definition) is 5. The van der Waals surface area contributed by atoms with Gasteiger partial charge in [-0.05, 0) is 12.1 Å². The van der Waals surface area contributed by atoms with Crippen molar-refractivity contribution in [3.05, 3.63) is 36.0 Å². The van der Waals surface area contributed by atoms with Gasteiger partial charge >= 0.3 is 0 Å². The van der Waals surface area contributed by atoms with Crippen molar-refractivity contribution in [1.82, 2.24) is 9.97 Å². The Hall–Kier alpha value is -1.79. The Morgan fingerprint density at radius 1 is 1.22 bits per heavy atom. The number of hydrogen-bond donors (Lipinski definition) is 2. The Labute approximate surface area is 108 Å². The van der Waals surface area contributed by atoms with Gasteiger partial charge in [0, 0.05) is 17.3 Å². The van der Waals surface area contributed by atoms with E-state index in [1.54, 1.807) is 24.5 Å². The van der Waals surface area contributed by atoms with Crippen molar-refractivity contribution in [3.8, 4) is 11.4 Å². The van der Waals surface area contributed by atoms with E-state index in [-0.39, 0.29) is 0 Å². The molecule has 0 aliphatic carbocycles. The number of benzene rings is 1. The molecule has 18 heavy (non-hydrogen) atoms. The molecule has 1 unspecified atom stereocenters. The highest BCUT2D eigenvalue weighted by Gasteiger charge is 2.09. The van der Waals surface area contributed by atoms with Crippen molar-refractivity contribution in [2.75, 3.05) is 17.7 Å². The molecule has 0 aliphatic rings. The predicted octanol–water partition coefficient (Wildman–Crippen LogP) is 1.19. The zero-order valence-electron chi connectivity index (χ0n) is 9.96. The molecule has 0 aliphatic heterocycles. The molecule has 5 nitrogen and oxygen atoms in total. The number of nitrogens with zero attached hydrogens (tertiary/aromatic N) is 2. The number of rotatable bonds is 3. The topological polar surface area (TPSA) is 101 Å². The number of aromatic nitrogens is 2. The molecule has 1 aromatic carbocycles. The van der Waals surface area contributed by atoms with Crippen LogP contribution in [0.2, 0.25) is 0 Å². The molecule has 0 radical (unpaired) electrons. The van der Waals surface area contributed by atoms with Gasteiger partial charge in [-0.15, -0.1) is 0 Å². The molecule has 2 rings (SSSR count). The Kier molecular flexibility index (Phi) is 3.69. The summed E-state index contributed by atoms with van der Waals surface area (Å²) in [7, 11) is 0. The van der Waals surface area contributed by atoms with Crippen molar-refractivity contribution in [1.29, 1.82) is 0 Å². The maximum atomic E-state index is 11.2. The molecule has 0 fully saturated rings. The molecule has 0 amide bonds. The van der Waals surface area contributed by atoms with Crippen LogP contribution in [-0.4, -0.2) is 20.8 Å². The normalized spacial score (nSPS) is 12.3. The Balaban J connectivity index is 2.41. The molecule has 0 bridgehead atoms. The van der Waals surface area contributed by atoms with Crippen LogP contribution >= 0.6 is 0 Å². The van der Waals surface area contributed by atoms with Crippen LogP contribution in [0.15, 0.2) is 30.3 Å². The summed E-state index contributed by atoms with van der Waals surface area (Å²) in [5.41, 5.74) is 13.5. The van der Waals surface area contributed by atoms with Crippen LogP contribution in [0.1, 0.15) is 5.69 Å². The second-order valence-electron chi connectivity index (χ2n) is 3.95. The predicted molar refractivity (Wildman–Crippen MR) is 74.1 cm³/mol. The molecule has 0 spiro atoms. The standard InChI is InChI=1S/C12H14N4OS/c1-18(17)7-10-6-11(14)16-12(15-10)8-3-2-4-9(13)5-8/h2-6H,7,13H2,1H3,(H2,14,15,16). The summed E-state index contributed by atoms with van der Waals surface area (Å²) in [5.74, 6) is 1.23. The van der Waals surface area contributed by atoms with Crippen molar-refractivity contribution >= 4 is 22.7 Å². The first-order chi connectivity index (χ1) is 8.54. The van der Waals surface area contributed by atoms with E-state index in [2.05, 4.69) is 9.97 Å². The number of nitrogens with two attached hydrogens (primary N) is 2. The van der Waals surface area contributed by atoms with E-state index < -0.39 is 11.2 Å². The van der Waals surface area contributed by atoms with Gasteiger partial charge < -0.3 is 16.0 Å². The highest BCUT2D eigenvalue weighted by molar-refractivity contribution is 7.89. The lowest BCUT2D eigenvalue weighted by molar-refractivity contribution is 0.599. The van der Waals surface area contributed by atoms with Gasteiger partial charge in [-0.2, -0.15) is 0 Å². The molecule has 2 aromatic rings. The SMILES string of the molecule is C[S+]([O-])Cc1cc(N)nc(-c2cccc(N)c2)n1. The molecular formula is C12H14N4OS. The maximum absolute atomic E-state index is 11.2. The summed E-state index contributed by atoms with van der Waals surface area (Å²) in [6.45, 7) is 0. The van der Waals surface area contributed by atoms with Crippen LogP contribution in [-0.2, 0) is 16.9 Å². The van der Waals surface area contributed by atoms with Crippen LogP contribution in [0.5, 0.6) is 0 Å². The largest absolute Gasteiger partial charge is 0.616 e. The van der Waals surface area contributed by atoms with E-state index in [1.165, 1.54) is 0 Å². The highest BCUT2D eigenvalue weighted by atomic mass is 32.2. The van der Waals surface area contributed by atoms with E-state index in [0.717, 1.165) is 5.56 Å². The first-order valence-electron chi connectivity index (χ1n) is 5.34. The summed E-state index contributed by atoms with van der Waals surface area (Å²) in [5, 5.41) is 0. The fourth-order valence-electron chi connectivity index (χ4n) is 1.61. The third kappa shape index (κ3) is 3.12. The van der Waals surface area contributed by atoms with E-state index in [0.29, 0.717) is 28.8 Å². The van der Waals surface area contributed by atoms with Gasteiger partial charge in [-0.25, -0.2) is 9.97 Å². The minimum atomic E-state index is -0.964. The van der Waals surface area contributed by atoms with Gasteiger partial charge in [0.2, 0.25) is 0 Å². The number of nitrogen functional groups attached to an aromatic ring is 2. The fourth-order valence-corrected chi connectivity index (χ4v) is 2.17. The maximum Gasteiger partial charge on any atom is 0.162 e. The lowest BCUT2D eigenvalue weighted by atomic mass is 10.2. The summed E-state index contributed by atoms with van der Waals surface area (Å²) >= 11 is -0.964. The average molecular weight is 262 g/mol. The van der Waals surface area contributed by atoms with Crippen LogP contribution in [0, 0.1) is 0 Å². The smallest absolute Gasteiger partial charge is 0.162 e. The molecule has 0 saturated carbocycles. The molecule has 1 aromatic heterocycles. The molecular weight excluding hydrogens is 248 g/mol. The second-order valence-corrected chi connectivity index (χ2v) is 5.39. The minimum absolute atomic E-state index is 0.363. The molecule has 1 atom stereocenters. The second kappa shape index (κ2) is 5.24. The zero-order chi connectivity index (χ0) is 13.1. The summed E-state index contributed by atoms with van der Waals surface area (Å²) in [6.07, 6.45) is 1.62. The summed E-state index contributed by atoms with van der Waals surface area (Å²) in [4.78, 5) is 8.51. The van der Waals surface area contributed by atoms with Crippen LogP contribution in [0.4, 0.5) is 11.5 Å². The van der Waals surface area contributed by atoms with Gasteiger partial charge in [-0.3, -0.25) is 0 Å². The molecule has 94 valence electrons. The van der Waals surface area contributed by atoms with Crippen LogP contribution < -0.4 is 11.5 Å². The third-order valence-corrected chi connectivity index (χ3v) is 3.00. The molecule has 1 heterocycles. The lowest BCUT2D eigenvalue weighted by Crippen LogP contribution is -2.06. The quantitative estimate of drug-likeness (QED) is 0.639. The fraction of sp³-hybridized carbons (Fsp3) is 0.167. The Bertz CT molecular complexity index is 560. The monoisotopic (exact) mass is 262 g/mol. The van der Waals surface area contributed by atoms with Crippen LogP contribution in [0.3, 0.4) is 0 Å². The summed E-state index contributed by atoms with van der Waals surface area (Å²) in [6, 6.07) is 8.89. The van der Waals surface area contributed by atoms with Gasteiger partial charge in [0.1, 0.15) is 11.6 Å². The summed E-state index contributed by atoms with van der Waals surface area (Å²) < 4.78 is 11.2. The van der Waals surface area contributed by atoms with E-state index in [4.69, 9.17) is 11.5 Å². The highest BCUT2D eigenvalue weighted by Crippen LogP contribution is 2.19. The van der Waals surface area contributed by atoms with Crippen LogP contribution in [0.25, 0.3) is 11.4 Å². The van der Waals surface area contributed by atoms with E-state index in [9.17, 15) is 4.55 Å². The molecule has 4 N–H and O–H groups in total. The van der Waals surface area contributed by atoms with Crippen molar-refractivity contribution < 1.29 is 4.55 Å². The van der Waals surface area contributed by atoms with Gasteiger partial charge in [-0.1, -0.05) is 23.3 Å². The van der Waals surface area contributed by atoms with Gasteiger partial charge in [0.15, 0.2) is 5.82 Å². The van der Waals surface area contributed by atoms with Gasteiger partial charge in [0.05, 0.1) is 11.9 Å². The van der Waals surface area contributed by atoms with Crippen molar-refractivity contribution in [3.63, 3.8) is 0 Å². The lowest BCUT2D eigenvalue weighted by Gasteiger charge is -2.07. The Morgan fingerprint density at radius 3 is 2.67 bits per heavy atom. The minimum Gasteiger partial charge on any atom is -0.616 e. The van der Waals surface area contributed by atoms with Crippen molar-refractivity contribution in [2.24, 2.45) is 0 Å². The van der Waals surface area contributed by atoms with Gasteiger partial charge in [0.25, 0.3) is 0 Å². The first kappa shape index (κ1) is 12.7. The van der Waals surface area contributed by atoms with E-state index in [1.807, 2.05) is 12.1 Å². The molecule has 6 heteroatoms. The van der Waals surface area contributed by atoms with E-state index >= 15 is 0 Å². The third-order valence-electron chi connectivity index (χ3n) is 2.29. The Morgan fingerprint density at radius 2 is 2.00 bits per heavy atom. The number of anilines is 2. The zero-order valence-corrected chi connectivity index (χ0v) is 10.8. The van der Waals surface area contributed by atoms with Crippen molar-refractivity contribution in [2.45, 2.75) is 5.75 Å². The molecule has 0 saturated heterocycles.